The molecule has 0 aromatic heterocycles. The third-order valence-corrected chi connectivity index (χ3v) is 2.78. The molecule has 1 saturated carbocycles. The third-order valence-electron chi connectivity index (χ3n) is 2.78. The SMILES string of the molecule is C=CCCC(C)NCC1(C)CC1. The molecule has 1 rings (SSSR count). The highest BCUT2D eigenvalue weighted by Gasteiger charge is 2.36. The average Bonchev–Trinajstić information content (AvgIpc) is 2.77. The van der Waals surface area contributed by atoms with E-state index in [0.717, 1.165) is 6.42 Å². The van der Waals surface area contributed by atoms with Crippen LogP contribution < -0.4 is 5.32 Å². The van der Waals surface area contributed by atoms with Crippen LogP contribution in [0.25, 0.3) is 0 Å². The van der Waals surface area contributed by atoms with Gasteiger partial charge in [-0.15, -0.1) is 6.58 Å². The number of nitrogens with one attached hydrogen (secondary N) is 1. The maximum atomic E-state index is 3.73. The number of allylic oxidation sites excluding steroid dienone is 1. The van der Waals surface area contributed by atoms with Crippen molar-refractivity contribution < 1.29 is 0 Å². The first-order chi connectivity index (χ1) is 5.66. The van der Waals surface area contributed by atoms with Gasteiger partial charge in [-0.05, 0) is 38.0 Å². The molecule has 0 aromatic rings. The minimum Gasteiger partial charge on any atom is -0.314 e. The van der Waals surface area contributed by atoms with Gasteiger partial charge in [-0.25, -0.2) is 0 Å². The van der Waals surface area contributed by atoms with E-state index in [9.17, 15) is 0 Å². The van der Waals surface area contributed by atoms with Crippen molar-refractivity contribution >= 4 is 0 Å². The van der Waals surface area contributed by atoms with Crippen LogP contribution in [0.2, 0.25) is 0 Å². The van der Waals surface area contributed by atoms with Gasteiger partial charge in [0, 0.05) is 12.6 Å². The minimum atomic E-state index is 0.641. The Kier molecular flexibility index (Phi) is 3.33. The molecule has 0 aromatic carbocycles. The number of hydrogen-bond donors (Lipinski definition) is 1. The molecule has 12 heavy (non-hydrogen) atoms. The summed E-state index contributed by atoms with van der Waals surface area (Å²) in [6.07, 6.45) is 7.17. The van der Waals surface area contributed by atoms with E-state index in [1.807, 2.05) is 6.08 Å². The Labute approximate surface area is 76.2 Å². The van der Waals surface area contributed by atoms with E-state index in [4.69, 9.17) is 0 Å². The molecule has 1 aliphatic rings. The molecule has 0 amide bonds. The molecule has 0 bridgehead atoms. The lowest BCUT2D eigenvalue weighted by molar-refractivity contribution is 0.436. The van der Waals surface area contributed by atoms with Crippen LogP contribution in [-0.2, 0) is 0 Å². The van der Waals surface area contributed by atoms with Crippen molar-refractivity contribution in [1.29, 1.82) is 0 Å². The quantitative estimate of drug-likeness (QED) is 0.600. The summed E-state index contributed by atoms with van der Waals surface area (Å²) >= 11 is 0. The van der Waals surface area contributed by atoms with Crippen LogP contribution >= 0.6 is 0 Å². The first kappa shape index (κ1) is 9.79. The van der Waals surface area contributed by atoms with Crippen LogP contribution in [0.3, 0.4) is 0 Å². The minimum absolute atomic E-state index is 0.641. The summed E-state index contributed by atoms with van der Waals surface area (Å²) in [7, 11) is 0. The van der Waals surface area contributed by atoms with Crippen LogP contribution in [0, 0.1) is 5.41 Å². The Morgan fingerprint density at radius 1 is 1.58 bits per heavy atom. The highest BCUT2D eigenvalue weighted by Crippen LogP contribution is 2.44. The summed E-state index contributed by atoms with van der Waals surface area (Å²) in [5, 5.41) is 3.57. The van der Waals surface area contributed by atoms with Gasteiger partial charge < -0.3 is 5.32 Å². The van der Waals surface area contributed by atoms with Crippen molar-refractivity contribution in [3.63, 3.8) is 0 Å². The molecule has 0 saturated heterocycles. The smallest absolute Gasteiger partial charge is 0.00419 e. The molecule has 1 aliphatic carbocycles. The second-order valence-corrected chi connectivity index (χ2v) is 4.46. The topological polar surface area (TPSA) is 12.0 Å². The summed E-state index contributed by atoms with van der Waals surface area (Å²) in [5.74, 6) is 0. The first-order valence-electron chi connectivity index (χ1n) is 5.00. The van der Waals surface area contributed by atoms with E-state index in [-0.39, 0.29) is 0 Å². The van der Waals surface area contributed by atoms with Gasteiger partial charge in [0.15, 0.2) is 0 Å². The second-order valence-electron chi connectivity index (χ2n) is 4.46. The van der Waals surface area contributed by atoms with Gasteiger partial charge in [-0.2, -0.15) is 0 Å². The summed E-state index contributed by atoms with van der Waals surface area (Å²) < 4.78 is 0. The zero-order valence-electron chi connectivity index (χ0n) is 8.40. The molecule has 1 N–H and O–H groups in total. The van der Waals surface area contributed by atoms with Gasteiger partial charge in [0.1, 0.15) is 0 Å². The van der Waals surface area contributed by atoms with Crippen LogP contribution in [0.15, 0.2) is 12.7 Å². The number of hydrogen-bond acceptors (Lipinski definition) is 1. The molecule has 1 unspecified atom stereocenters. The van der Waals surface area contributed by atoms with Crippen LogP contribution in [0.1, 0.15) is 39.5 Å². The second kappa shape index (κ2) is 4.08. The average molecular weight is 167 g/mol. The molecule has 1 heteroatoms. The van der Waals surface area contributed by atoms with E-state index in [2.05, 4.69) is 25.7 Å². The van der Waals surface area contributed by atoms with E-state index < -0.39 is 0 Å². The lowest BCUT2D eigenvalue weighted by Crippen LogP contribution is -2.30. The molecule has 0 spiro atoms. The largest absolute Gasteiger partial charge is 0.314 e. The predicted octanol–water partition coefficient (Wildman–Crippen LogP) is 2.73. The molecule has 1 fully saturated rings. The van der Waals surface area contributed by atoms with Crippen molar-refractivity contribution in [2.75, 3.05) is 6.54 Å². The molecular weight excluding hydrogens is 146 g/mol. The molecular formula is C11H21N. The summed E-state index contributed by atoms with van der Waals surface area (Å²) in [5.41, 5.74) is 0.641. The summed E-state index contributed by atoms with van der Waals surface area (Å²) in [6, 6.07) is 0.653. The summed E-state index contributed by atoms with van der Waals surface area (Å²) in [6.45, 7) is 9.55. The fourth-order valence-corrected chi connectivity index (χ4v) is 1.28. The van der Waals surface area contributed by atoms with E-state index in [1.165, 1.54) is 25.8 Å². The normalized spacial score (nSPS) is 21.8. The van der Waals surface area contributed by atoms with Crippen molar-refractivity contribution in [3.8, 4) is 0 Å². The lowest BCUT2D eigenvalue weighted by atomic mass is 10.1. The highest BCUT2D eigenvalue weighted by atomic mass is 14.9. The fraction of sp³-hybridized carbons (Fsp3) is 0.818. The van der Waals surface area contributed by atoms with Crippen LogP contribution in [-0.4, -0.2) is 12.6 Å². The van der Waals surface area contributed by atoms with E-state index in [1.54, 1.807) is 0 Å². The van der Waals surface area contributed by atoms with E-state index >= 15 is 0 Å². The maximum absolute atomic E-state index is 3.73. The van der Waals surface area contributed by atoms with Crippen LogP contribution in [0.4, 0.5) is 0 Å². The number of rotatable bonds is 6. The van der Waals surface area contributed by atoms with Crippen molar-refractivity contribution in [3.05, 3.63) is 12.7 Å². The fourth-order valence-electron chi connectivity index (χ4n) is 1.28. The van der Waals surface area contributed by atoms with Gasteiger partial charge in [0.05, 0.1) is 0 Å². The highest BCUT2D eigenvalue weighted by molar-refractivity contribution is 4.91. The van der Waals surface area contributed by atoms with Crippen molar-refractivity contribution in [2.45, 2.75) is 45.6 Å². The van der Waals surface area contributed by atoms with Gasteiger partial charge >= 0.3 is 0 Å². The molecule has 0 heterocycles. The Bertz CT molecular complexity index is 147. The molecule has 1 atom stereocenters. The predicted molar refractivity (Wildman–Crippen MR) is 54.2 cm³/mol. The Hall–Kier alpha value is -0.300. The molecule has 70 valence electrons. The van der Waals surface area contributed by atoms with Gasteiger partial charge in [-0.1, -0.05) is 13.0 Å². The van der Waals surface area contributed by atoms with Crippen molar-refractivity contribution in [1.82, 2.24) is 5.32 Å². The van der Waals surface area contributed by atoms with Gasteiger partial charge in [-0.3, -0.25) is 0 Å². The Morgan fingerprint density at radius 3 is 2.75 bits per heavy atom. The van der Waals surface area contributed by atoms with Crippen LogP contribution in [0.5, 0.6) is 0 Å². The lowest BCUT2D eigenvalue weighted by Gasteiger charge is -2.15. The third kappa shape index (κ3) is 3.40. The molecule has 0 radical (unpaired) electrons. The zero-order chi connectivity index (χ0) is 9.03. The first-order valence-corrected chi connectivity index (χ1v) is 5.00. The van der Waals surface area contributed by atoms with Gasteiger partial charge in [0.2, 0.25) is 0 Å². The monoisotopic (exact) mass is 167 g/mol. The Morgan fingerprint density at radius 2 is 2.25 bits per heavy atom. The molecule has 0 aliphatic heterocycles. The molecule has 1 nitrogen and oxygen atoms in total. The Balaban J connectivity index is 2.01. The van der Waals surface area contributed by atoms with Crippen molar-refractivity contribution in [2.24, 2.45) is 5.41 Å². The standard InChI is InChI=1S/C11H21N/c1-4-5-6-10(2)12-9-11(3)7-8-11/h4,10,12H,1,5-9H2,2-3H3. The van der Waals surface area contributed by atoms with E-state index in [0.29, 0.717) is 11.5 Å². The summed E-state index contributed by atoms with van der Waals surface area (Å²) in [4.78, 5) is 0. The zero-order valence-corrected chi connectivity index (χ0v) is 8.40. The van der Waals surface area contributed by atoms with Gasteiger partial charge in [0.25, 0.3) is 0 Å². The maximum Gasteiger partial charge on any atom is 0.00419 e.